The highest BCUT2D eigenvalue weighted by atomic mass is 32.1. The number of carbonyl (C=O) groups excluding carboxylic acids is 1. The van der Waals surface area contributed by atoms with Crippen LogP contribution in [0.15, 0.2) is 22.9 Å². The van der Waals surface area contributed by atoms with E-state index in [2.05, 4.69) is 4.98 Å². The fourth-order valence-electron chi connectivity index (χ4n) is 1.35. The van der Waals surface area contributed by atoms with E-state index in [1.165, 1.54) is 16.2 Å². The molecule has 0 aliphatic rings. The molecular formula is C11H12N2OS2. The molecule has 0 saturated carbocycles. The van der Waals surface area contributed by atoms with E-state index in [1.54, 1.807) is 16.7 Å². The summed E-state index contributed by atoms with van der Waals surface area (Å²) < 4.78 is 0. The zero-order chi connectivity index (χ0) is 11.4. The lowest BCUT2D eigenvalue weighted by molar-refractivity contribution is 0.0979. The minimum atomic E-state index is 0.101. The number of aryl methyl sites for hydroxylation is 1. The predicted octanol–water partition coefficient (Wildman–Crippen LogP) is 2.48. The van der Waals surface area contributed by atoms with E-state index < -0.39 is 0 Å². The fraction of sp³-hybridized carbons (Fsp3) is 0.273. The van der Waals surface area contributed by atoms with Crippen LogP contribution in [0.2, 0.25) is 0 Å². The summed E-state index contributed by atoms with van der Waals surface area (Å²) in [6.45, 7) is 0.406. The van der Waals surface area contributed by atoms with Gasteiger partial charge in [0.2, 0.25) is 0 Å². The van der Waals surface area contributed by atoms with Gasteiger partial charge in [0.1, 0.15) is 10.7 Å². The van der Waals surface area contributed by atoms with Gasteiger partial charge in [0.25, 0.3) is 0 Å². The van der Waals surface area contributed by atoms with Crippen molar-refractivity contribution >= 4 is 28.5 Å². The van der Waals surface area contributed by atoms with Gasteiger partial charge in [-0.1, -0.05) is 6.07 Å². The molecule has 3 nitrogen and oxygen atoms in total. The van der Waals surface area contributed by atoms with Crippen LogP contribution in [-0.2, 0) is 13.0 Å². The maximum atomic E-state index is 11.8. The zero-order valence-corrected chi connectivity index (χ0v) is 10.3. The Kier molecular flexibility index (Phi) is 3.82. The summed E-state index contributed by atoms with van der Waals surface area (Å²) in [6.07, 6.45) is 1.32. The molecular weight excluding hydrogens is 240 g/mol. The lowest BCUT2D eigenvalue weighted by Crippen LogP contribution is -2.02. The summed E-state index contributed by atoms with van der Waals surface area (Å²) in [5, 5.41) is 4.63. The topological polar surface area (TPSA) is 56.0 Å². The first-order chi connectivity index (χ1) is 7.79. The number of thiazole rings is 1. The van der Waals surface area contributed by atoms with Crippen LogP contribution in [0.25, 0.3) is 0 Å². The quantitative estimate of drug-likeness (QED) is 0.832. The minimum absolute atomic E-state index is 0.101. The summed E-state index contributed by atoms with van der Waals surface area (Å²) in [7, 11) is 0. The summed E-state index contributed by atoms with van der Waals surface area (Å²) in [4.78, 5) is 17.2. The molecule has 0 fully saturated rings. The molecule has 0 saturated heterocycles. The summed E-state index contributed by atoms with van der Waals surface area (Å²) in [5.74, 6) is 0.101. The highest BCUT2D eigenvalue weighted by Crippen LogP contribution is 2.15. The molecule has 0 radical (unpaired) electrons. The van der Waals surface area contributed by atoms with Crippen molar-refractivity contribution in [2.75, 3.05) is 0 Å². The second-order valence-electron chi connectivity index (χ2n) is 3.33. The second kappa shape index (κ2) is 5.34. The summed E-state index contributed by atoms with van der Waals surface area (Å²) in [6, 6.07) is 4.05. The molecule has 5 heteroatoms. The number of rotatable bonds is 5. The van der Waals surface area contributed by atoms with Crippen molar-refractivity contribution in [3.63, 3.8) is 0 Å². The van der Waals surface area contributed by atoms with E-state index >= 15 is 0 Å². The van der Waals surface area contributed by atoms with Crippen LogP contribution in [-0.4, -0.2) is 10.8 Å². The normalized spacial score (nSPS) is 10.6. The van der Waals surface area contributed by atoms with Crippen LogP contribution in [0.3, 0.4) is 0 Å². The lowest BCUT2D eigenvalue weighted by atomic mass is 10.1. The van der Waals surface area contributed by atoms with Gasteiger partial charge in [0.15, 0.2) is 5.78 Å². The minimum Gasteiger partial charge on any atom is -0.325 e. The van der Waals surface area contributed by atoms with Gasteiger partial charge < -0.3 is 5.73 Å². The van der Waals surface area contributed by atoms with Crippen molar-refractivity contribution < 1.29 is 4.79 Å². The van der Waals surface area contributed by atoms with E-state index in [1.807, 2.05) is 17.5 Å². The van der Waals surface area contributed by atoms with Crippen molar-refractivity contribution in [2.45, 2.75) is 19.4 Å². The van der Waals surface area contributed by atoms with Gasteiger partial charge in [-0.25, -0.2) is 4.98 Å². The third-order valence-electron chi connectivity index (χ3n) is 2.19. The van der Waals surface area contributed by atoms with Crippen LogP contribution >= 0.6 is 22.7 Å². The number of nitrogens with zero attached hydrogens (tertiary/aromatic N) is 1. The van der Waals surface area contributed by atoms with Crippen LogP contribution in [0.5, 0.6) is 0 Å². The Morgan fingerprint density at radius 1 is 1.44 bits per heavy atom. The van der Waals surface area contributed by atoms with Crippen LogP contribution in [0.4, 0.5) is 0 Å². The Balaban J connectivity index is 1.93. The molecule has 0 aromatic carbocycles. The maximum Gasteiger partial charge on any atom is 0.182 e. The standard InChI is InChI=1S/C11H12N2OS2/c12-6-11-13-9(7-16-11)10(14)4-3-8-2-1-5-15-8/h1-2,5,7H,3-4,6,12H2. The second-order valence-corrected chi connectivity index (χ2v) is 5.31. The van der Waals surface area contributed by atoms with Gasteiger partial charge >= 0.3 is 0 Å². The van der Waals surface area contributed by atoms with Gasteiger partial charge in [-0.2, -0.15) is 0 Å². The molecule has 0 unspecified atom stereocenters. The predicted molar refractivity (Wildman–Crippen MR) is 67.0 cm³/mol. The Bertz CT molecular complexity index is 462. The van der Waals surface area contributed by atoms with E-state index in [4.69, 9.17) is 5.73 Å². The number of carbonyl (C=O) groups is 1. The number of Topliss-reactive ketones (excluding diaryl/α,β-unsaturated/α-hetero) is 1. The molecule has 16 heavy (non-hydrogen) atoms. The number of nitrogens with two attached hydrogens (primary N) is 1. The fourth-order valence-corrected chi connectivity index (χ4v) is 2.74. The third kappa shape index (κ3) is 2.75. The molecule has 2 aromatic heterocycles. The summed E-state index contributed by atoms with van der Waals surface area (Å²) in [5.41, 5.74) is 6.01. The molecule has 0 aliphatic carbocycles. The lowest BCUT2D eigenvalue weighted by Gasteiger charge is -1.95. The molecule has 2 rings (SSSR count). The van der Waals surface area contributed by atoms with Gasteiger partial charge in [-0.3, -0.25) is 4.79 Å². The zero-order valence-electron chi connectivity index (χ0n) is 8.68. The molecule has 0 spiro atoms. The monoisotopic (exact) mass is 252 g/mol. The average Bonchev–Trinajstić information content (AvgIpc) is 2.96. The van der Waals surface area contributed by atoms with Crippen LogP contribution in [0, 0.1) is 0 Å². The van der Waals surface area contributed by atoms with Crippen molar-refractivity contribution in [1.29, 1.82) is 0 Å². The molecule has 0 amide bonds. The van der Waals surface area contributed by atoms with Gasteiger partial charge in [0, 0.05) is 23.2 Å². The number of hydrogen-bond donors (Lipinski definition) is 1. The van der Waals surface area contributed by atoms with Crippen molar-refractivity contribution in [1.82, 2.24) is 4.98 Å². The largest absolute Gasteiger partial charge is 0.325 e. The van der Waals surface area contributed by atoms with Crippen LogP contribution < -0.4 is 5.73 Å². The number of thiophene rings is 1. The molecule has 0 bridgehead atoms. The SMILES string of the molecule is NCc1nc(C(=O)CCc2cccs2)cs1. The first kappa shape index (κ1) is 11.4. The Hall–Kier alpha value is -1.04. The van der Waals surface area contributed by atoms with Gasteiger partial charge in [0.05, 0.1) is 0 Å². The van der Waals surface area contributed by atoms with Crippen LogP contribution in [0.1, 0.15) is 26.8 Å². The van der Waals surface area contributed by atoms with Crippen molar-refractivity contribution in [3.05, 3.63) is 38.5 Å². The van der Waals surface area contributed by atoms with E-state index in [0.717, 1.165) is 11.4 Å². The average molecular weight is 252 g/mol. The first-order valence-electron chi connectivity index (χ1n) is 4.99. The number of aromatic nitrogens is 1. The molecule has 2 heterocycles. The smallest absolute Gasteiger partial charge is 0.182 e. The molecule has 2 aromatic rings. The number of hydrogen-bond acceptors (Lipinski definition) is 5. The molecule has 0 atom stereocenters. The first-order valence-corrected chi connectivity index (χ1v) is 6.75. The van der Waals surface area contributed by atoms with E-state index in [9.17, 15) is 4.79 Å². The highest BCUT2D eigenvalue weighted by Gasteiger charge is 2.10. The van der Waals surface area contributed by atoms with E-state index in [0.29, 0.717) is 18.7 Å². The molecule has 0 aliphatic heterocycles. The number of ketones is 1. The summed E-state index contributed by atoms with van der Waals surface area (Å²) >= 11 is 3.13. The Morgan fingerprint density at radius 3 is 2.94 bits per heavy atom. The Labute approximate surface area is 102 Å². The third-order valence-corrected chi connectivity index (χ3v) is 4.00. The molecule has 84 valence electrons. The van der Waals surface area contributed by atoms with Crippen molar-refractivity contribution in [3.8, 4) is 0 Å². The van der Waals surface area contributed by atoms with Gasteiger partial charge in [-0.15, -0.1) is 22.7 Å². The maximum absolute atomic E-state index is 11.8. The molecule has 2 N–H and O–H groups in total. The highest BCUT2D eigenvalue weighted by molar-refractivity contribution is 7.10. The van der Waals surface area contributed by atoms with Crippen molar-refractivity contribution in [2.24, 2.45) is 5.73 Å². The van der Waals surface area contributed by atoms with Gasteiger partial charge in [-0.05, 0) is 17.9 Å². The Morgan fingerprint density at radius 2 is 2.31 bits per heavy atom. The van der Waals surface area contributed by atoms with E-state index in [-0.39, 0.29) is 5.78 Å².